The minimum atomic E-state index is -1.02. The Bertz CT molecular complexity index is 1930. The van der Waals surface area contributed by atoms with Crippen molar-refractivity contribution in [3.8, 4) is 0 Å². The molecule has 56 heavy (non-hydrogen) atoms. The summed E-state index contributed by atoms with van der Waals surface area (Å²) >= 11 is 0. The molecule has 3 unspecified atom stereocenters. The highest BCUT2D eigenvalue weighted by Crippen LogP contribution is 2.33. The Balaban J connectivity index is 1.41. The van der Waals surface area contributed by atoms with E-state index in [-0.39, 0.29) is 18.5 Å². The molecule has 3 aromatic carbocycles. The summed E-state index contributed by atoms with van der Waals surface area (Å²) in [6.07, 6.45) is 2.32. The van der Waals surface area contributed by atoms with Crippen LogP contribution in [0.3, 0.4) is 0 Å². The summed E-state index contributed by atoms with van der Waals surface area (Å²) in [5.41, 5.74) is 4.90. The number of nitrogens with zero attached hydrogens (tertiary/aromatic N) is 2. The van der Waals surface area contributed by atoms with Crippen LogP contribution in [0.25, 0.3) is 0 Å². The Kier molecular flexibility index (Phi) is 12.8. The minimum absolute atomic E-state index is 0.146. The number of esters is 1. The predicted molar refractivity (Wildman–Crippen MR) is 215 cm³/mol. The van der Waals surface area contributed by atoms with E-state index >= 15 is 0 Å². The standard InChI is InChI=1S/C44H57N5O7/c1-27(48(8)42(54)56-44(5,6)7)38(50)47-37(43(2,3)4)40(52)49-26-32-23-33(45-25-28-17-19-30(20-18-28)41(53)55-9)22-21-31(32)24-36(49)39(51)46-35-16-12-14-29-13-10-11-15-34(29)35/h10-11,13,15,17-23,27,35-37,45H,12,14,16,24-26H2,1-9H3,(H,46,51)(H,47,50)/t27-,35?,36?,37?/m0/s1. The van der Waals surface area contributed by atoms with Crippen LogP contribution in [0.5, 0.6) is 0 Å². The van der Waals surface area contributed by atoms with Crippen molar-refractivity contribution in [2.75, 3.05) is 19.5 Å². The van der Waals surface area contributed by atoms with Gasteiger partial charge in [0.05, 0.1) is 18.7 Å². The fourth-order valence-corrected chi connectivity index (χ4v) is 7.16. The van der Waals surface area contributed by atoms with E-state index in [1.165, 1.54) is 24.6 Å². The molecule has 1 aliphatic heterocycles. The first-order valence-electron chi connectivity index (χ1n) is 19.3. The molecule has 0 radical (unpaired) electrons. The van der Waals surface area contributed by atoms with Crippen LogP contribution in [-0.2, 0) is 49.8 Å². The molecule has 1 aliphatic carbocycles. The van der Waals surface area contributed by atoms with E-state index in [1.807, 2.05) is 63.2 Å². The van der Waals surface area contributed by atoms with Crippen LogP contribution >= 0.6 is 0 Å². The number of anilines is 1. The molecule has 0 spiro atoms. The first-order valence-corrected chi connectivity index (χ1v) is 19.3. The maximum Gasteiger partial charge on any atom is 0.410 e. The summed E-state index contributed by atoms with van der Waals surface area (Å²) in [4.78, 5) is 70.5. The summed E-state index contributed by atoms with van der Waals surface area (Å²) in [5, 5.41) is 9.67. The molecule has 0 fully saturated rings. The van der Waals surface area contributed by atoms with Crippen LogP contribution in [0.2, 0.25) is 0 Å². The second-order valence-electron chi connectivity index (χ2n) is 16.9. The van der Waals surface area contributed by atoms with Gasteiger partial charge in [0.1, 0.15) is 23.7 Å². The molecule has 2 aliphatic rings. The van der Waals surface area contributed by atoms with Crippen LogP contribution in [0.15, 0.2) is 66.7 Å². The van der Waals surface area contributed by atoms with Crippen LogP contribution < -0.4 is 16.0 Å². The maximum atomic E-state index is 14.9. The minimum Gasteiger partial charge on any atom is -0.465 e. The maximum absolute atomic E-state index is 14.9. The summed E-state index contributed by atoms with van der Waals surface area (Å²) in [7, 11) is 2.83. The molecule has 0 aromatic heterocycles. The van der Waals surface area contributed by atoms with Gasteiger partial charge in [-0.05, 0) is 104 Å². The van der Waals surface area contributed by atoms with Crippen molar-refractivity contribution in [2.45, 2.75) is 117 Å². The molecule has 4 atom stereocenters. The van der Waals surface area contributed by atoms with Crippen LogP contribution in [-0.4, -0.2) is 77.5 Å². The number of carbonyl (C=O) groups is 5. The second kappa shape index (κ2) is 17.2. The molecule has 300 valence electrons. The third-order valence-corrected chi connectivity index (χ3v) is 10.5. The number of nitrogens with one attached hydrogen (secondary N) is 3. The molecule has 3 N–H and O–H groups in total. The third kappa shape index (κ3) is 10.1. The Morgan fingerprint density at radius 3 is 2.27 bits per heavy atom. The lowest BCUT2D eigenvalue weighted by Crippen LogP contribution is -2.62. The number of rotatable bonds is 10. The third-order valence-electron chi connectivity index (χ3n) is 10.5. The Hall–Kier alpha value is -5.39. The molecule has 0 saturated heterocycles. The van der Waals surface area contributed by atoms with Crippen molar-refractivity contribution in [1.82, 2.24) is 20.4 Å². The summed E-state index contributed by atoms with van der Waals surface area (Å²) in [6.45, 7) is 13.1. The number of carbonyl (C=O) groups excluding carboxylic acids is 5. The van der Waals surface area contributed by atoms with E-state index in [1.54, 1.807) is 44.7 Å². The first kappa shape index (κ1) is 41.8. The van der Waals surface area contributed by atoms with Crippen molar-refractivity contribution >= 4 is 35.5 Å². The van der Waals surface area contributed by atoms with E-state index in [0.717, 1.165) is 47.2 Å². The SMILES string of the molecule is COC(=O)c1ccc(CNc2ccc3c(c2)CN(C(=O)C(NC(=O)[C@H](C)N(C)C(=O)OC(C)(C)C)C(C)(C)C)C(C(=O)NC2CCCc4ccccc42)C3)cc1. The normalized spacial score (nSPS) is 17.6. The second-order valence-corrected chi connectivity index (χ2v) is 16.9. The molecule has 12 nitrogen and oxygen atoms in total. The zero-order valence-electron chi connectivity index (χ0n) is 34.2. The lowest BCUT2D eigenvalue weighted by atomic mass is 9.83. The molecule has 3 aromatic rings. The molecular formula is C44H57N5O7. The Morgan fingerprint density at radius 2 is 1.61 bits per heavy atom. The fraction of sp³-hybridized carbons (Fsp3) is 0.477. The van der Waals surface area contributed by atoms with Crippen molar-refractivity contribution in [3.63, 3.8) is 0 Å². The largest absolute Gasteiger partial charge is 0.465 e. The van der Waals surface area contributed by atoms with Gasteiger partial charge in [0.15, 0.2) is 0 Å². The van der Waals surface area contributed by atoms with Gasteiger partial charge in [-0.2, -0.15) is 0 Å². The monoisotopic (exact) mass is 767 g/mol. The van der Waals surface area contributed by atoms with Crippen LogP contribution in [0.1, 0.15) is 106 Å². The molecular weight excluding hydrogens is 711 g/mol. The highest BCUT2D eigenvalue weighted by Gasteiger charge is 2.43. The van der Waals surface area contributed by atoms with E-state index in [2.05, 4.69) is 28.1 Å². The highest BCUT2D eigenvalue weighted by molar-refractivity contribution is 5.95. The van der Waals surface area contributed by atoms with Gasteiger partial charge in [-0.3, -0.25) is 19.3 Å². The smallest absolute Gasteiger partial charge is 0.410 e. The van der Waals surface area contributed by atoms with Gasteiger partial charge in [0.25, 0.3) is 0 Å². The van der Waals surface area contributed by atoms with Gasteiger partial charge < -0.3 is 30.3 Å². The van der Waals surface area contributed by atoms with Gasteiger partial charge in [0.2, 0.25) is 17.7 Å². The molecule has 12 heteroatoms. The van der Waals surface area contributed by atoms with Crippen molar-refractivity contribution in [3.05, 3.63) is 100 Å². The van der Waals surface area contributed by atoms with E-state index in [0.29, 0.717) is 18.5 Å². The van der Waals surface area contributed by atoms with Gasteiger partial charge in [-0.25, -0.2) is 9.59 Å². The quantitative estimate of drug-likeness (QED) is 0.203. The van der Waals surface area contributed by atoms with Gasteiger partial charge in [-0.1, -0.05) is 63.2 Å². The average molecular weight is 768 g/mol. The predicted octanol–water partition coefficient (Wildman–Crippen LogP) is 6.32. The molecule has 4 amide bonds. The number of ether oxygens (including phenoxy) is 2. The summed E-state index contributed by atoms with van der Waals surface area (Å²) in [5.74, 6) is -1.56. The Labute approximate surface area is 330 Å². The van der Waals surface area contributed by atoms with E-state index < -0.39 is 53.0 Å². The number of fused-ring (bicyclic) bond motifs is 2. The van der Waals surface area contributed by atoms with E-state index in [4.69, 9.17) is 9.47 Å². The molecule has 0 bridgehead atoms. The zero-order chi connectivity index (χ0) is 40.9. The first-order chi connectivity index (χ1) is 26.4. The topological polar surface area (TPSA) is 146 Å². The van der Waals surface area contributed by atoms with Crippen molar-refractivity contribution < 1.29 is 33.4 Å². The van der Waals surface area contributed by atoms with Gasteiger partial charge in [-0.15, -0.1) is 0 Å². The van der Waals surface area contributed by atoms with Crippen molar-refractivity contribution in [1.29, 1.82) is 0 Å². The number of amides is 4. The van der Waals surface area contributed by atoms with Crippen molar-refractivity contribution in [2.24, 2.45) is 5.41 Å². The molecule has 1 heterocycles. The molecule has 0 saturated carbocycles. The number of hydrogen-bond acceptors (Lipinski definition) is 8. The number of aryl methyl sites for hydroxylation is 1. The lowest BCUT2D eigenvalue weighted by Gasteiger charge is -2.42. The van der Waals surface area contributed by atoms with Crippen LogP contribution in [0.4, 0.5) is 10.5 Å². The lowest BCUT2D eigenvalue weighted by molar-refractivity contribution is -0.147. The Morgan fingerprint density at radius 1 is 0.911 bits per heavy atom. The van der Waals surface area contributed by atoms with Gasteiger partial charge >= 0.3 is 12.1 Å². The fourth-order valence-electron chi connectivity index (χ4n) is 7.16. The van der Waals surface area contributed by atoms with E-state index in [9.17, 15) is 24.0 Å². The van der Waals surface area contributed by atoms with Crippen LogP contribution in [0, 0.1) is 5.41 Å². The number of benzene rings is 3. The zero-order valence-corrected chi connectivity index (χ0v) is 34.2. The number of methoxy groups -OCH3 is 1. The summed E-state index contributed by atoms with van der Waals surface area (Å²) < 4.78 is 10.3. The molecule has 5 rings (SSSR count). The summed E-state index contributed by atoms with van der Waals surface area (Å²) in [6, 6.07) is 18.3. The number of likely N-dealkylation sites (N-methyl/N-ethyl adjacent to an activating group) is 1. The highest BCUT2D eigenvalue weighted by atomic mass is 16.6. The van der Waals surface area contributed by atoms with Gasteiger partial charge in [0, 0.05) is 32.2 Å². The number of hydrogen-bond donors (Lipinski definition) is 3. The average Bonchev–Trinajstić information content (AvgIpc) is 3.16.